The van der Waals surface area contributed by atoms with Gasteiger partial charge in [-0.05, 0) is 12.1 Å². The largest absolute Gasteiger partial charge is 0.479 e. The minimum atomic E-state index is -5.24. The fourth-order valence-corrected chi connectivity index (χ4v) is 2.36. The normalized spacial score (nSPS) is 26.0. The summed E-state index contributed by atoms with van der Waals surface area (Å²) in [5.74, 6) is -5.06. The molecule has 4 atom stereocenters. The molecule has 1 amide bonds. The van der Waals surface area contributed by atoms with Crippen LogP contribution in [0.4, 0.5) is 13.2 Å². The highest BCUT2D eigenvalue weighted by Crippen LogP contribution is 2.25. The smallest absolute Gasteiger partial charge is 0.471 e. The summed E-state index contributed by atoms with van der Waals surface area (Å²) in [7, 11) is 0. The molecule has 0 bridgehead atoms. The first-order valence-corrected chi connectivity index (χ1v) is 7.29. The summed E-state index contributed by atoms with van der Waals surface area (Å²) in [6.45, 7) is 0. The van der Waals surface area contributed by atoms with Crippen LogP contribution in [-0.2, 0) is 19.1 Å². The van der Waals surface area contributed by atoms with Crippen molar-refractivity contribution in [2.45, 2.75) is 37.1 Å². The molecule has 1 heterocycles. The summed E-state index contributed by atoms with van der Waals surface area (Å²) in [5, 5.41) is 20.2. The zero-order valence-electron chi connectivity index (χ0n) is 13.0. The van der Waals surface area contributed by atoms with E-state index in [0.717, 1.165) is 0 Å². The van der Waals surface area contributed by atoms with E-state index in [-0.39, 0.29) is 5.56 Å². The SMILES string of the molecule is O=C(O[C@H]1[C@@H](NC(=O)C(F)(F)F)C[C@@H](O)O[C@@H]1C(=O)O)c1ccccc1. The molecule has 26 heavy (non-hydrogen) atoms. The number of benzene rings is 1. The number of halogens is 3. The van der Waals surface area contributed by atoms with Crippen LogP contribution in [-0.4, -0.2) is 58.8 Å². The van der Waals surface area contributed by atoms with Crippen molar-refractivity contribution < 1.29 is 47.2 Å². The van der Waals surface area contributed by atoms with E-state index in [9.17, 15) is 32.7 Å². The summed E-state index contributed by atoms with van der Waals surface area (Å²) in [5.41, 5.74) is 0.0173. The number of esters is 1. The van der Waals surface area contributed by atoms with Gasteiger partial charge in [0.15, 0.2) is 18.5 Å². The van der Waals surface area contributed by atoms with Gasteiger partial charge in [0, 0.05) is 6.42 Å². The number of aliphatic carboxylic acids is 1. The van der Waals surface area contributed by atoms with Crippen molar-refractivity contribution in [1.29, 1.82) is 0 Å². The lowest BCUT2D eigenvalue weighted by Crippen LogP contribution is -2.60. The van der Waals surface area contributed by atoms with Crippen LogP contribution >= 0.6 is 0 Å². The molecular weight excluding hydrogens is 363 g/mol. The Balaban J connectivity index is 2.25. The molecule has 1 saturated heterocycles. The molecule has 0 aromatic heterocycles. The van der Waals surface area contributed by atoms with E-state index in [4.69, 9.17) is 14.6 Å². The first kappa shape index (κ1) is 19.7. The molecule has 3 N–H and O–H groups in total. The van der Waals surface area contributed by atoms with E-state index in [1.807, 2.05) is 0 Å². The molecule has 1 aliphatic heterocycles. The molecular formula is C15H14F3NO7. The molecule has 0 spiro atoms. The molecule has 2 rings (SSSR count). The Morgan fingerprint density at radius 1 is 1.19 bits per heavy atom. The first-order valence-electron chi connectivity index (χ1n) is 7.29. The third-order valence-corrected chi connectivity index (χ3v) is 3.52. The second-order valence-electron chi connectivity index (χ2n) is 5.40. The number of hydrogen-bond donors (Lipinski definition) is 3. The minimum Gasteiger partial charge on any atom is -0.479 e. The van der Waals surface area contributed by atoms with Crippen LogP contribution < -0.4 is 5.32 Å². The standard InChI is InChI=1S/C15H14F3NO7/c16-15(17,18)14(24)19-8-6-9(20)25-11(12(21)22)10(8)26-13(23)7-4-2-1-3-5-7/h1-5,8-11,20H,6H2,(H,19,24)(H,21,22)/t8-,9-,10-,11-/m0/s1. The van der Waals surface area contributed by atoms with Crippen LogP contribution in [0.5, 0.6) is 0 Å². The van der Waals surface area contributed by atoms with Gasteiger partial charge in [-0.25, -0.2) is 9.59 Å². The van der Waals surface area contributed by atoms with Crippen LogP contribution in [0, 0.1) is 0 Å². The van der Waals surface area contributed by atoms with Gasteiger partial charge in [0.25, 0.3) is 0 Å². The number of hydrogen-bond acceptors (Lipinski definition) is 6. The lowest BCUT2D eigenvalue weighted by atomic mass is 9.98. The lowest BCUT2D eigenvalue weighted by molar-refractivity contribution is -0.220. The maximum Gasteiger partial charge on any atom is 0.471 e. The lowest BCUT2D eigenvalue weighted by Gasteiger charge is -2.38. The van der Waals surface area contributed by atoms with Crippen LogP contribution in [0.2, 0.25) is 0 Å². The van der Waals surface area contributed by atoms with Crippen molar-refractivity contribution in [2.24, 2.45) is 0 Å². The highest BCUT2D eigenvalue weighted by atomic mass is 19.4. The van der Waals surface area contributed by atoms with Crippen molar-refractivity contribution in [2.75, 3.05) is 0 Å². The molecule has 1 aliphatic rings. The molecule has 1 aromatic carbocycles. The Morgan fingerprint density at radius 3 is 2.35 bits per heavy atom. The second-order valence-corrected chi connectivity index (χ2v) is 5.40. The van der Waals surface area contributed by atoms with Crippen molar-refractivity contribution >= 4 is 17.8 Å². The number of alkyl halides is 3. The second kappa shape index (κ2) is 7.70. The summed E-state index contributed by atoms with van der Waals surface area (Å²) in [6.07, 6.45) is -11.4. The van der Waals surface area contributed by atoms with Crippen molar-refractivity contribution in [1.82, 2.24) is 5.32 Å². The molecule has 0 saturated carbocycles. The average molecular weight is 377 g/mol. The maximum absolute atomic E-state index is 12.5. The van der Waals surface area contributed by atoms with E-state index in [1.54, 1.807) is 6.07 Å². The maximum atomic E-state index is 12.5. The topological polar surface area (TPSA) is 122 Å². The molecule has 1 aromatic rings. The fraction of sp³-hybridized carbons (Fsp3) is 0.400. The summed E-state index contributed by atoms with van der Waals surface area (Å²) >= 11 is 0. The number of rotatable bonds is 4. The summed E-state index contributed by atoms with van der Waals surface area (Å²) in [4.78, 5) is 34.6. The molecule has 0 aliphatic carbocycles. The van der Waals surface area contributed by atoms with E-state index in [0.29, 0.717) is 0 Å². The van der Waals surface area contributed by atoms with Crippen LogP contribution in [0.25, 0.3) is 0 Å². The molecule has 1 fully saturated rings. The van der Waals surface area contributed by atoms with Gasteiger partial charge in [-0.15, -0.1) is 0 Å². The average Bonchev–Trinajstić information content (AvgIpc) is 2.56. The van der Waals surface area contributed by atoms with E-state index in [1.165, 1.54) is 29.6 Å². The Morgan fingerprint density at radius 2 is 1.81 bits per heavy atom. The fourth-order valence-electron chi connectivity index (χ4n) is 2.36. The van der Waals surface area contributed by atoms with Crippen molar-refractivity contribution in [3.8, 4) is 0 Å². The highest BCUT2D eigenvalue weighted by molar-refractivity contribution is 5.90. The summed E-state index contributed by atoms with van der Waals surface area (Å²) in [6, 6.07) is 5.66. The van der Waals surface area contributed by atoms with Gasteiger partial charge >= 0.3 is 24.0 Å². The first-order chi connectivity index (χ1) is 12.1. The Hall–Kier alpha value is -2.66. The predicted molar refractivity (Wildman–Crippen MR) is 76.8 cm³/mol. The third kappa shape index (κ3) is 4.70. The predicted octanol–water partition coefficient (Wildman–Crippen LogP) is 0.451. The minimum absolute atomic E-state index is 0.0173. The van der Waals surface area contributed by atoms with Gasteiger partial charge in [-0.2, -0.15) is 13.2 Å². The van der Waals surface area contributed by atoms with Gasteiger partial charge in [0.1, 0.15) is 0 Å². The number of carboxylic acids is 1. The number of carboxylic acid groups (broad SMARTS) is 1. The highest BCUT2D eigenvalue weighted by Gasteiger charge is 2.48. The van der Waals surface area contributed by atoms with Gasteiger partial charge in [0.2, 0.25) is 0 Å². The van der Waals surface area contributed by atoms with Crippen molar-refractivity contribution in [3.05, 3.63) is 35.9 Å². The molecule has 142 valence electrons. The Bertz CT molecular complexity index is 680. The summed E-state index contributed by atoms with van der Waals surface area (Å²) < 4.78 is 47.2. The number of amides is 1. The number of carbonyl (C=O) groups excluding carboxylic acids is 2. The Kier molecular flexibility index (Phi) is 5.83. The number of carbonyl (C=O) groups is 3. The van der Waals surface area contributed by atoms with Gasteiger partial charge in [-0.1, -0.05) is 18.2 Å². The van der Waals surface area contributed by atoms with E-state index < -0.39 is 55.0 Å². The van der Waals surface area contributed by atoms with E-state index >= 15 is 0 Å². The Labute approximate surface area is 144 Å². The number of ether oxygens (including phenoxy) is 2. The van der Waals surface area contributed by atoms with Gasteiger partial charge in [0.05, 0.1) is 11.6 Å². The van der Waals surface area contributed by atoms with Gasteiger partial charge in [-0.3, -0.25) is 4.79 Å². The van der Waals surface area contributed by atoms with Crippen molar-refractivity contribution in [3.63, 3.8) is 0 Å². The molecule has 8 nitrogen and oxygen atoms in total. The number of aliphatic hydroxyl groups excluding tert-OH is 1. The van der Waals surface area contributed by atoms with Crippen LogP contribution in [0.1, 0.15) is 16.8 Å². The number of aliphatic hydroxyl groups is 1. The zero-order chi connectivity index (χ0) is 19.5. The number of nitrogens with one attached hydrogen (secondary N) is 1. The van der Waals surface area contributed by atoms with Gasteiger partial charge < -0.3 is 25.0 Å². The molecule has 0 radical (unpaired) electrons. The van der Waals surface area contributed by atoms with Crippen LogP contribution in [0.15, 0.2) is 30.3 Å². The molecule has 11 heteroatoms. The van der Waals surface area contributed by atoms with E-state index in [2.05, 4.69) is 0 Å². The molecule has 0 unspecified atom stereocenters. The monoisotopic (exact) mass is 377 g/mol. The zero-order valence-corrected chi connectivity index (χ0v) is 13.0. The third-order valence-electron chi connectivity index (χ3n) is 3.52. The quantitative estimate of drug-likeness (QED) is 0.651. The van der Waals surface area contributed by atoms with Crippen LogP contribution in [0.3, 0.4) is 0 Å².